The first-order valence-corrected chi connectivity index (χ1v) is 8.17. The van der Waals surface area contributed by atoms with Crippen molar-refractivity contribution in [1.29, 1.82) is 0 Å². The summed E-state index contributed by atoms with van der Waals surface area (Å²) in [5.74, 6) is 0.391. The first-order chi connectivity index (χ1) is 9.57. The van der Waals surface area contributed by atoms with Crippen molar-refractivity contribution in [2.75, 3.05) is 20.2 Å². The summed E-state index contributed by atoms with van der Waals surface area (Å²) in [5.41, 5.74) is -0.477. The third-order valence-electron chi connectivity index (χ3n) is 4.94. The van der Waals surface area contributed by atoms with E-state index in [4.69, 9.17) is 4.74 Å². The predicted molar refractivity (Wildman–Crippen MR) is 80.6 cm³/mol. The third kappa shape index (κ3) is 3.34. The van der Waals surface area contributed by atoms with Crippen LogP contribution < -0.4 is 5.32 Å². The fourth-order valence-electron chi connectivity index (χ4n) is 3.09. The normalized spacial score (nSPS) is 23.4. The van der Waals surface area contributed by atoms with Gasteiger partial charge in [0.25, 0.3) is 0 Å². The Morgan fingerprint density at radius 2 is 2.00 bits per heavy atom. The quantitative estimate of drug-likeness (QED) is 0.658. The zero-order valence-corrected chi connectivity index (χ0v) is 13.4. The molecule has 0 bridgehead atoms. The zero-order chi connectivity index (χ0) is 14.8. The number of hydrogen-bond acceptors (Lipinski definition) is 4. The van der Waals surface area contributed by atoms with Gasteiger partial charge in [-0.2, -0.15) is 0 Å². The van der Waals surface area contributed by atoms with E-state index in [1.807, 2.05) is 0 Å². The van der Waals surface area contributed by atoms with E-state index in [2.05, 4.69) is 31.0 Å². The van der Waals surface area contributed by atoms with Gasteiger partial charge >= 0.3 is 5.97 Å². The molecular formula is C16H30N2O2. The maximum absolute atomic E-state index is 12.5. The molecule has 116 valence electrons. The van der Waals surface area contributed by atoms with Crippen molar-refractivity contribution in [3.63, 3.8) is 0 Å². The van der Waals surface area contributed by atoms with Crippen molar-refractivity contribution in [3.8, 4) is 0 Å². The fourth-order valence-corrected chi connectivity index (χ4v) is 3.09. The molecule has 2 atom stereocenters. The highest BCUT2D eigenvalue weighted by Gasteiger charge is 2.54. The molecule has 4 heteroatoms. The maximum Gasteiger partial charge on any atom is 0.327 e. The van der Waals surface area contributed by atoms with Gasteiger partial charge in [0.05, 0.1) is 7.11 Å². The van der Waals surface area contributed by atoms with Crippen LogP contribution >= 0.6 is 0 Å². The van der Waals surface area contributed by atoms with Crippen LogP contribution in [-0.2, 0) is 9.53 Å². The average molecular weight is 282 g/mol. The highest BCUT2D eigenvalue weighted by atomic mass is 16.5. The van der Waals surface area contributed by atoms with Crippen LogP contribution in [0.4, 0.5) is 0 Å². The Kier molecular flexibility index (Phi) is 5.08. The van der Waals surface area contributed by atoms with E-state index in [-0.39, 0.29) is 5.97 Å². The van der Waals surface area contributed by atoms with E-state index in [0.29, 0.717) is 18.0 Å². The minimum absolute atomic E-state index is 0.0614. The molecule has 2 rings (SSSR count). The lowest BCUT2D eigenvalue weighted by atomic mass is 9.91. The van der Waals surface area contributed by atoms with Gasteiger partial charge in [-0.1, -0.05) is 13.8 Å². The van der Waals surface area contributed by atoms with Gasteiger partial charge in [-0.3, -0.25) is 10.2 Å². The van der Waals surface area contributed by atoms with Gasteiger partial charge in [0.2, 0.25) is 0 Å². The van der Waals surface area contributed by atoms with Crippen molar-refractivity contribution in [1.82, 2.24) is 10.2 Å². The second kappa shape index (κ2) is 6.44. The number of rotatable bonds is 9. The van der Waals surface area contributed by atoms with Gasteiger partial charge in [0, 0.05) is 18.6 Å². The van der Waals surface area contributed by atoms with Crippen molar-refractivity contribution in [2.24, 2.45) is 5.92 Å². The van der Waals surface area contributed by atoms with Crippen LogP contribution in [0.15, 0.2) is 0 Å². The van der Waals surface area contributed by atoms with Gasteiger partial charge in [-0.15, -0.1) is 0 Å². The van der Waals surface area contributed by atoms with Gasteiger partial charge < -0.3 is 4.74 Å². The number of methoxy groups -OCH3 is 1. The number of hydrogen-bond donors (Lipinski definition) is 1. The van der Waals surface area contributed by atoms with Crippen molar-refractivity contribution < 1.29 is 9.53 Å². The number of nitrogens with zero attached hydrogens (tertiary/aromatic N) is 1. The van der Waals surface area contributed by atoms with E-state index >= 15 is 0 Å². The van der Waals surface area contributed by atoms with E-state index < -0.39 is 5.54 Å². The lowest BCUT2D eigenvalue weighted by Crippen LogP contribution is -2.62. The topological polar surface area (TPSA) is 41.6 Å². The number of carbonyl (C=O) groups is 1. The molecule has 0 radical (unpaired) electrons. The van der Waals surface area contributed by atoms with E-state index in [1.165, 1.54) is 20.0 Å². The molecule has 0 aromatic rings. The number of likely N-dealkylation sites (N-methyl/N-ethyl adjacent to an activating group) is 1. The number of carbonyl (C=O) groups excluding carboxylic acids is 1. The Balaban J connectivity index is 2.16. The van der Waals surface area contributed by atoms with Crippen LogP contribution in [0.3, 0.4) is 0 Å². The van der Waals surface area contributed by atoms with E-state index in [1.54, 1.807) is 0 Å². The minimum Gasteiger partial charge on any atom is -0.468 e. The molecule has 2 aliphatic rings. The summed E-state index contributed by atoms with van der Waals surface area (Å²) in [7, 11) is 1.52. The van der Waals surface area contributed by atoms with E-state index in [9.17, 15) is 4.79 Å². The summed E-state index contributed by atoms with van der Waals surface area (Å²) in [6.45, 7) is 8.39. The van der Waals surface area contributed by atoms with Crippen molar-refractivity contribution in [2.45, 2.75) is 70.5 Å². The molecule has 2 aliphatic carbocycles. The molecule has 0 heterocycles. The Labute approximate surface area is 123 Å². The third-order valence-corrected chi connectivity index (χ3v) is 4.94. The smallest absolute Gasteiger partial charge is 0.327 e. The SMILES string of the molecule is CCC(C)N(CC)CC(NC1CC1)(C(=O)OC)C1CC1. The van der Waals surface area contributed by atoms with Crippen LogP contribution in [0, 0.1) is 5.92 Å². The van der Waals surface area contributed by atoms with Crippen LogP contribution in [0.2, 0.25) is 0 Å². The fraction of sp³-hybridized carbons (Fsp3) is 0.938. The molecule has 0 spiro atoms. The van der Waals surface area contributed by atoms with Crippen LogP contribution in [0.1, 0.15) is 52.9 Å². The first kappa shape index (κ1) is 15.8. The molecule has 4 nitrogen and oxygen atoms in total. The molecule has 2 fully saturated rings. The summed E-state index contributed by atoms with van der Waals surface area (Å²) in [6.07, 6.45) is 5.79. The lowest BCUT2D eigenvalue weighted by Gasteiger charge is -2.39. The highest BCUT2D eigenvalue weighted by molar-refractivity contribution is 5.82. The van der Waals surface area contributed by atoms with Crippen LogP contribution in [-0.4, -0.2) is 48.7 Å². The summed E-state index contributed by atoms with van der Waals surface area (Å²) < 4.78 is 5.18. The molecule has 0 aromatic carbocycles. The molecular weight excluding hydrogens is 252 g/mol. The lowest BCUT2D eigenvalue weighted by molar-refractivity contribution is -0.151. The minimum atomic E-state index is -0.477. The summed E-state index contributed by atoms with van der Waals surface area (Å²) >= 11 is 0. The molecule has 0 amide bonds. The molecule has 1 N–H and O–H groups in total. The Morgan fingerprint density at radius 3 is 2.40 bits per heavy atom. The highest BCUT2D eigenvalue weighted by Crippen LogP contribution is 2.43. The Bertz CT molecular complexity index is 339. The number of nitrogens with one attached hydrogen (secondary N) is 1. The van der Waals surface area contributed by atoms with Gasteiger partial charge in [-0.25, -0.2) is 4.79 Å². The molecule has 2 unspecified atom stereocenters. The monoisotopic (exact) mass is 282 g/mol. The van der Waals surface area contributed by atoms with Gasteiger partial charge in [0.15, 0.2) is 0 Å². The Hall–Kier alpha value is -0.610. The molecule has 0 aromatic heterocycles. The van der Waals surface area contributed by atoms with Gasteiger partial charge in [-0.05, 0) is 51.5 Å². The second-order valence-corrected chi connectivity index (χ2v) is 6.48. The standard InChI is InChI=1S/C16H30N2O2/c1-5-12(3)18(6-2)11-16(13-7-8-13,15(19)20-4)17-14-9-10-14/h12-14,17H,5-11H2,1-4H3. The molecule has 20 heavy (non-hydrogen) atoms. The van der Waals surface area contributed by atoms with Gasteiger partial charge in [0.1, 0.15) is 5.54 Å². The molecule has 0 aliphatic heterocycles. The Morgan fingerprint density at radius 1 is 1.35 bits per heavy atom. The average Bonchev–Trinajstić information content (AvgIpc) is 3.33. The van der Waals surface area contributed by atoms with E-state index in [0.717, 1.165) is 32.4 Å². The van der Waals surface area contributed by atoms with Crippen LogP contribution in [0.5, 0.6) is 0 Å². The summed E-state index contributed by atoms with van der Waals surface area (Å²) in [6, 6.07) is 1.02. The number of esters is 1. The maximum atomic E-state index is 12.5. The first-order valence-electron chi connectivity index (χ1n) is 8.17. The second-order valence-electron chi connectivity index (χ2n) is 6.48. The van der Waals surface area contributed by atoms with Crippen molar-refractivity contribution in [3.05, 3.63) is 0 Å². The summed E-state index contributed by atoms with van der Waals surface area (Å²) in [5, 5.41) is 3.64. The number of ether oxygens (including phenoxy) is 1. The predicted octanol–water partition coefficient (Wildman–Crippen LogP) is 2.18. The van der Waals surface area contributed by atoms with Crippen LogP contribution in [0.25, 0.3) is 0 Å². The largest absolute Gasteiger partial charge is 0.468 e. The summed E-state index contributed by atoms with van der Waals surface area (Å²) in [4.78, 5) is 15.0. The molecule has 0 saturated heterocycles. The van der Waals surface area contributed by atoms with Crippen molar-refractivity contribution >= 4 is 5.97 Å². The zero-order valence-electron chi connectivity index (χ0n) is 13.4. The molecule has 2 saturated carbocycles.